The van der Waals surface area contributed by atoms with Crippen LogP contribution in [-0.2, 0) is 21.8 Å². The first kappa shape index (κ1) is 36.3. The molecule has 0 spiro atoms. The third kappa shape index (κ3) is 7.59. The quantitative estimate of drug-likeness (QED) is 0.174. The van der Waals surface area contributed by atoms with Gasteiger partial charge in [-0.25, -0.2) is 28.7 Å². The van der Waals surface area contributed by atoms with Gasteiger partial charge in [-0.15, -0.1) is 0 Å². The first-order chi connectivity index (χ1) is 24.2. The van der Waals surface area contributed by atoms with E-state index in [1.54, 1.807) is 44.8 Å². The van der Waals surface area contributed by atoms with Crippen LogP contribution in [0.15, 0.2) is 78.5 Å². The van der Waals surface area contributed by atoms with Crippen molar-refractivity contribution >= 4 is 34.6 Å². The molecule has 2 fully saturated rings. The summed E-state index contributed by atoms with van der Waals surface area (Å²) in [5.41, 5.74) is 4.67. The van der Waals surface area contributed by atoms with Crippen LogP contribution >= 0.6 is 23.2 Å². The molecule has 0 radical (unpaired) electrons. The first-order valence-electron chi connectivity index (χ1n) is 16.7. The van der Waals surface area contributed by atoms with Gasteiger partial charge in [-0.2, -0.15) is 10.2 Å². The molecule has 270 valence electrons. The van der Waals surface area contributed by atoms with Crippen molar-refractivity contribution in [1.82, 2.24) is 34.1 Å². The molecule has 16 heteroatoms. The van der Waals surface area contributed by atoms with Crippen LogP contribution < -0.4 is 20.2 Å². The maximum absolute atomic E-state index is 12.9. The summed E-state index contributed by atoms with van der Waals surface area (Å²) in [5.74, 6) is -0.681. The zero-order chi connectivity index (χ0) is 34.8. The zero-order valence-corrected chi connectivity index (χ0v) is 30.1. The van der Waals surface area contributed by atoms with Gasteiger partial charge in [0.1, 0.15) is 38.2 Å². The van der Waals surface area contributed by atoms with Crippen LogP contribution in [0, 0.1) is 6.92 Å². The van der Waals surface area contributed by atoms with Crippen molar-refractivity contribution in [3.05, 3.63) is 105 Å². The van der Waals surface area contributed by atoms with E-state index in [9.17, 15) is 4.79 Å². The van der Waals surface area contributed by atoms with Gasteiger partial charge in [0.05, 0.1) is 35.2 Å². The van der Waals surface area contributed by atoms with Crippen molar-refractivity contribution in [2.24, 2.45) is 0 Å². The molecule has 2 aliphatic rings. The van der Waals surface area contributed by atoms with Crippen LogP contribution in [0.5, 0.6) is 5.88 Å². The van der Waals surface area contributed by atoms with Crippen molar-refractivity contribution in [3.8, 4) is 11.6 Å². The van der Waals surface area contributed by atoms with E-state index in [0.717, 1.165) is 49.5 Å². The molecule has 2 aliphatic heterocycles. The molecular formula is C35H40Cl2FN9O4. The lowest BCUT2D eigenvalue weighted by Crippen LogP contribution is -2.46. The smallest absolute Gasteiger partial charge is 0.350 e. The summed E-state index contributed by atoms with van der Waals surface area (Å²) in [5, 5.41) is 9.50. The Morgan fingerprint density at radius 1 is 1.00 bits per heavy atom. The second kappa shape index (κ2) is 15.4. The fourth-order valence-corrected chi connectivity index (χ4v) is 6.98. The molecule has 0 amide bonds. The van der Waals surface area contributed by atoms with E-state index in [0.29, 0.717) is 28.1 Å². The second-order valence-electron chi connectivity index (χ2n) is 12.6. The van der Waals surface area contributed by atoms with Gasteiger partial charge in [-0.1, -0.05) is 36.2 Å². The molecule has 13 nitrogen and oxygen atoms in total. The largest absolute Gasteiger partial charge is 0.475 e. The highest BCUT2D eigenvalue weighted by molar-refractivity contribution is 6.35. The standard InChI is InChI=1S/C35H39Cl2N9O4.FH/c1-4-25(3)46-34(47)45(23-41-46)27-6-9-32(24(2)15-27)43-13-11-42(12-14-43)28-7-10-33(39-17-28)48-18-29-19-49-35(50-29,20-44-22-38-21-40-44)30-8-5-26(36)16-31(30)37;/h5-10,15-17,21-23,25,29H,4,11-14,18-20H2,1-3H3;1H/t25?,29?,35-;/m1./s1. The van der Waals surface area contributed by atoms with Gasteiger partial charge < -0.3 is 24.0 Å². The van der Waals surface area contributed by atoms with E-state index in [-0.39, 0.29) is 35.7 Å². The second-order valence-corrected chi connectivity index (χ2v) is 13.5. The Morgan fingerprint density at radius 3 is 2.47 bits per heavy atom. The molecular weight excluding hydrogens is 700 g/mol. The normalized spacial score (nSPS) is 19.6. The van der Waals surface area contributed by atoms with Crippen LogP contribution in [0.1, 0.15) is 37.4 Å². The van der Waals surface area contributed by atoms with E-state index in [2.05, 4.69) is 49.0 Å². The lowest BCUT2D eigenvalue weighted by Gasteiger charge is -2.38. The van der Waals surface area contributed by atoms with E-state index >= 15 is 0 Å². The number of aryl methyl sites for hydroxylation is 1. The van der Waals surface area contributed by atoms with Crippen LogP contribution in [0.4, 0.5) is 16.1 Å². The molecule has 3 aromatic heterocycles. The lowest BCUT2D eigenvalue weighted by atomic mass is 10.1. The number of aromatic nitrogens is 7. The van der Waals surface area contributed by atoms with Crippen molar-refractivity contribution in [3.63, 3.8) is 0 Å². The highest BCUT2D eigenvalue weighted by Crippen LogP contribution is 2.40. The third-order valence-electron chi connectivity index (χ3n) is 9.32. The Morgan fingerprint density at radius 2 is 1.78 bits per heavy atom. The third-order valence-corrected chi connectivity index (χ3v) is 9.87. The number of ether oxygens (including phenoxy) is 3. The summed E-state index contributed by atoms with van der Waals surface area (Å²) in [7, 11) is 0. The van der Waals surface area contributed by atoms with Crippen molar-refractivity contribution in [2.45, 2.75) is 51.7 Å². The van der Waals surface area contributed by atoms with Gasteiger partial charge in [0.2, 0.25) is 11.7 Å². The maximum Gasteiger partial charge on any atom is 0.350 e. The van der Waals surface area contributed by atoms with Gasteiger partial charge in [-0.3, -0.25) is 4.70 Å². The predicted molar refractivity (Wildman–Crippen MR) is 193 cm³/mol. The predicted octanol–water partition coefficient (Wildman–Crippen LogP) is 5.43. The van der Waals surface area contributed by atoms with E-state index < -0.39 is 5.79 Å². The Balaban J connectivity index is 0.00000448. The highest BCUT2D eigenvalue weighted by Gasteiger charge is 2.45. The van der Waals surface area contributed by atoms with Crippen molar-refractivity contribution in [2.75, 3.05) is 49.2 Å². The molecule has 5 aromatic rings. The molecule has 51 heavy (non-hydrogen) atoms. The summed E-state index contributed by atoms with van der Waals surface area (Å²) < 4.78 is 23.5. The van der Waals surface area contributed by atoms with Gasteiger partial charge in [0.15, 0.2) is 0 Å². The van der Waals surface area contributed by atoms with Crippen molar-refractivity contribution < 1.29 is 18.9 Å². The van der Waals surface area contributed by atoms with E-state index in [4.69, 9.17) is 37.4 Å². The summed E-state index contributed by atoms with van der Waals surface area (Å²) in [6, 6.07) is 15.3. The molecule has 2 unspecified atom stereocenters. The number of hydrogen-bond donors (Lipinski definition) is 0. The summed E-state index contributed by atoms with van der Waals surface area (Å²) in [6.07, 6.45) is 6.98. The number of rotatable bonds is 11. The highest BCUT2D eigenvalue weighted by atomic mass is 35.5. The Kier molecular flexibility index (Phi) is 11.0. The number of benzene rings is 2. The van der Waals surface area contributed by atoms with Crippen molar-refractivity contribution in [1.29, 1.82) is 0 Å². The number of halogens is 3. The molecule has 0 aliphatic carbocycles. The fourth-order valence-electron chi connectivity index (χ4n) is 6.42. The average Bonchev–Trinajstić information content (AvgIpc) is 3.88. The van der Waals surface area contributed by atoms with Crippen LogP contribution in [0.3, 0.4) is 0 Å². The summed E-state index contributed by atoms with van der Waals surface area (Å²) in [6.45, 7) is 10.3. The number of anilines is 2. The molecule has 5 heterocycles. The van der Waals surface area contributed by atoms with Gasteiger partial charge in [0.25, 0.3) is 0 Å². The number of hydrogen-bond acceptors (Lipinski definition) is 10. The van der Waals surface area contributed by atoms with Gasteiger partial charge >= 0.3 is 5.69 Å². The number of nitrogens with zero attached hydrogens (tertiary/aromatic N) is 9. The molecule has 0 bridgehead atoms. The topological polar surface area (TPSA) is 118 Å². The minimum absolute atomic E-state index is 0. The lowest BCUT2D eigenvalue weighted by molar-refractivity contribution is -0.190. The summed E-state index contributed by atoms with van der Waals surface area (Å²) in [4.78, 5) is 26.2. The maximum atomic E-state index is 12.9. The minimum Gasteiger partial charge on any atom is -0.475 e. The molecule has 2 saturated heterocycles. The minimum atomic E-state index is -1.18. The van der Waals surface area contributed by atoms with E-state index in [1.165, 1.54) is 12.0 Å². The first-order valence-corrected chi connectivity index (χ1v) is 17.4. The van der Waals surface area contributed by atoms with Crippen LogP contribution in [-0.4, -0.2) is 79.6 Å². The monoisotopic (exact) mass is 739 g/mol. The average molecular weight is 741 g/mol. The zero-order valence-electron chi connectivity index (χ0n) is 28.6. The molecule has 7 rings (SSSR count). The number of pyridine rings is 1. The summed E-state index contributed by atoms with van der Waals surface area (Å²) >= 11 is 12.7. The van der Waals surface area contributed by atoms with Crippen LogP contribution in [0.25, 0.3) is 5.69 Å². The van der Waals surface area contributed by atoms with E-state index in [1.807, 2.05) is 38.2 Å². The van der Waals surface area contributed by atoms with Crippen LogP contribution in [0.2, 0.25) is 10.0 Å². The number of piperazine rings is 1. The fraction of sp³-hybridized carbons (Fsp3) is 0.400. The molecule has 2 aromatic carbocycles. The molecule has 3 atom stereocenters. The Labute approximate surface area is 304 Å². The molecule has 0 saturated carbocycles. The van der Waals surface area contributed by atoms with Gasteiger partial charge in [-0.05, 0) is 62.2 Å². The Hall–Kier alpha value is -4.50. The van der Waals surface area contributed by atoms with Gasteiger partial charge in [0, 0.05) is 48.5 Å². The molecule has 0 N–H and O–H groups in total. The Bertz CT molecular complexity index is 1980. The SMILES string of the molecule is CCC(C)n1ncn(-c2ccc(N3CCN(c4ccc(OCC5CO[C@@](Cn6cncn6)(c6ccc(Cl)cc6Cl)O5)nc4)CC3)c(C)c2)c1=O.F.